The van der Waals surface area contributed by atoms with E-state index in [-0.39, 0.29) is 5.25 Å². The number of aromatic nitrogens is 6. The van der Waals surface area contributed by atoms with Gasteiger partial charge in [0, 0.05) is 5.56 Å². The molecule has 1 unspecified atom stereocenters. The van der Waals surface area contributed by atoms with Gasteiger partial charge in [-0.05, 0) is 48.5 Å². The zero-order chi connectivity index (χ0) is 19.5. The predicted octanol–water partition coefficient (Wildman–Crippen LogP) is 3.88. The zero-order valence-corrected chi connectivity index (χ0v) is 16.4. The second kappa shape index (κ2) is 7.81. The Hall–Kier alpha value is -3.20. The lowest BCUT2D eigenvalue weighted by molar-refractivity contribution is 0.410. The van der Waals surface area contributed by atoms with Crippen molar-refractivity contribution in [3.63, 3.8) is 0 Å². The molecule has 8 nitrogen and oxygen atoms in total. The summed E-state index contributed by atoms with van der Waals surface area (Å²) in [5, 5.41) is 20.8. The van der Waals surface area contributed by atoms with Gasteiger partial charge in [0.25, 0.3) is 0 Å². The molecule has 0 aliphatic rings. The van der Waals surface area contributed by atoms with E-state index in [2.05, 4.69) is 25.7 Å². The molecule has 2 aromatic heterocycles. The van der Waals surface area contributed by atoms with Gasteiger partial charge in [0.15, 0.2) is 0 Å². The van der Waals surface area contributed by atoms with Crippen molar-refractivity contribution in [2.75, 3.05) is 7.11 Å². The van der Waals surface area contributed by atoms with Crippen LogP contribution in [0, 0.1) is 6.92 Å². The summed E-state index contributed by atoms with van der Waals surface area (Å²) in [5.74, 6) is 1.69. The van der Waals surface area contributed by atoms with Crippen molar-refractivity contribution in [1.82, 2.24) is 30.4 Å². The molecule has 142 valence electrons. The van der Waals surface area contributed by atoms with Crippen molar-refractivity contribution in [3.05, 3.63) is 60.0 Å². The van der Waals surface area contributed by atoms with E-state index < -0.39 is 0 Å². The Labute approximate surface area is 165 Å². The van der Waals surface area contributed by atoms with Crippen LogP contribution in [0.1, 0.15) is 23.6 Å². The van der Waals surface area contributed by atoms with Gasteiger partial charge in [-0.1, -0.05) is 41.6 Å². The van der Waals surface area contributed by atoms with E-state index in [0.29, 0.717) is 22.7 Å². The minimum Gasteiger partial charge on any atom is -0.494 e. The van der Waals surface area contributed by atoms with Gasteiger partial charge in [0.1, 0.15) is 11.4 Å². The molecule has 2 aromatic carbocycles. The molecule has 0 amide bonds. The molecule has 0 radical (unpaired) electrons. The molecule has 9 heteroatoms. The van der Waals surface area contributed by atoms with Crippen molar-refractivity contribution in [1.29, 1.82) is 0 Å². The first-order valence-corrected chi connectivity index (χ1v) is 9.52. The third-order valence-electron chi connectivity index (χ3n) is 4.12. The smallest absolute Gasteiger partial charge is 0.247 e. The van der Waals surface area contributed by atoms with Crippen molar-refractivity contribution in [2.45, 2.75) is 24.3 Å². The Morgan fingerprint density at radius 1 is 1.04 bits per heavy atom. The van der Waals surface area contributed by atoms with Crippen LogP contribution in [0.15, 0.2) is 58.1 Å². The van der Waals surface area contributed by atoms with Crippen LogP contribution < -0.4 is 4.74 Å². The molecule has 0 fully saturated rings. The highest BCUT2D eigenvalue weighted by atomic mass is 32.2. The molecule has 0 spiro atoms. The molecule has 28 heavy (non-hydrogen) atoms. The molecule has 0 N–H and O–H groups in total. The van der Waals surface area contributed by atoms with Crippen LogP contribution in [0.4, 0.5) is 0 Å². The SMILES string of the molecule is COc1ccccc1-n1nnnc1SC(C)c1nnc(-c2ccc(C)cc2)o1. The van der Waals surface area contributed by atoms with Crippen LogP contribution in [0.3, 0.4) is 0 Å². The topological polar surface area (TPSA) is 91.8 Å². The summed E-state index contributed by atoms with van der Waals surface area (Å²) in [7, 11) is 1.61. The van der Waals surface area contributed by atoms with E-state index in [9.17, 15) is 0 Å². The first-order valence-electron chi connectivity index (χ1n) is 8.64. The number of nitrogens with zero attached hydrogens (tertiary/aromatic N) is 6. The fraction of sp³-hybridized carbons (Fsp3) is 0.211. The number of ether oxygens (including phenoxy) is 1. The fourth-order valence-electron chi connectivity index (χ4n) is 2.63. The molecule has 0 aliphatic heterocycles. The number of para-hydroxylation sites is 2. The fourth-order valence-corrected chi connectivity index (χ4v) is 3.46. The Bertz CT molecular complexity index is 1080. The van der Waals surface area contributed by atoms with Gasteiger partial charge < -0.3 is 9.15 Å². The zero-order valence-electron chi connectivity index (χ0n) is 15.6. The van der Waals surface area contributed by atoms with Crippen LogP contribution in [0.25, 0.3) is 17.1 Å². The van der Waals surface area contributed by atoms with Crippen molar-refractivity contribution >= 4 is 11.8 Å². The number of tetrazole rings is 1. The number of thioether (sulfide) groups is 1. The van der Waals surface area contributed by atoms with E-state index in [4.69, 9.17) is 9.15 Å². The number of hydrogen-bond acceptors (Lipinski definition) is 8. The van der Waals surface area contributed by atoms with Gasteiger partial charge in [-0.15, -0.1) is 15.3 Å². The summed E-state index contributed by atoms with van der Waals surface area (Å²) in [6.45, 7) is 4.01. The van der Waals surface area contributed by atoms with Gasteiger partial charge in [-0.25, -0.2) is 0 Å². The summed E-state index contributed by atoms with van der Waals surface area (Å²) >= 11 is 1.43. The normalized spacial score (nSPS) is 12.1. The summed E-state index contributed by atoms with van der Waals surface area (Å²) in [4.78, 5) is 0. The summed E-state index contributed by atoms with van der Waals surface area (Å²) in [6.07, 6.45) is 0. The summed E-state index contributed by atoms with van der Waals surface area (Å²) in [5.41, 5.74) is 2.83. The lowest BCUT2D eigenvalue weighted by Crippen LogP contribution is -2.02. The maximum Gasteiger partial charge on any atom is 0.247 e. The maximum absolute atomic E-state index is 5.87. The number of rotatable bonds is 6. The lowest BCUT2D eigenvalue weighted by Gasteiger charge is -2.10. The Kier molecular flexibility index (Phi) is 5.07. The van der Waals surface area contributed by atoms with E-state index in [1.165, 1.54) is 17.3 Å². The average Bonchev–Trinajstić information content (AvgIpc) is 3.38. The van der Waals surface area contributed by atoms with E-state index in [0.717, 1.165) is 11.3 Å². The quantitative estimate of drug-likeness (QED) is 0.455. The van der Waals surface area contributed by atoms with Gasteiger partial charge in [-0.2, -0.15) is 4.68 Å². The molecular formula is C19H18N6O2S. The third-order valence-corrected chi connectivity index (χ3v) is 5.14. The van der Waals surface area contributed by atoms with Crippen LogP contribution in [-0.4, -0.2) is 37.5 Å². The highest BCUT2D eigenvalue weighted by Crippen LogP contribution is 2.35. The number of benzene rings is 2. The molecule has 4 rings (SSSR count). The van der Waals surface area contributed by atoms with Crippen molar-refractivity contribution in [3.8, 4) is 22.9 Å². The molecule has 0 bridgehead atoms. The van der Waals surface area contributed by atoms with Gasteiger partial charge in [0.2, 0.25) is 16.9 Å². The first-order chi connectivity index (χ1) is 13.7. The standard InChI is InChI=1S/C19H18N6O2S/c1-12-8-10-14(11-9-12)18-21-20-17(27-18)13(2)28-19-22-23-24-25(19)15-6-4-5-7-16(15)26-3/h4-11,13H,1-3H3. The molecular weight excluding hydrogens is 376 g/mol. The molecule has 1 atom stereocenters. The maximum atomic E-state index is 5.87. The molecule has 0 aliphatic carbocycles. The minimum atomic E-state index is -0.133. The summed E-state index contributed by atoms with van der Waals surface area (Å²) < 4.78 is 12.9. The second-order valence-corrected chi connectivity index (χ2v) is 7.42. The monoisotopic (exact) mass is 394 g/mol. The van der Waals surface area contributed by atoms with Gasteiger partial charge in [-0.3, -0.25) is 0 Å². The van der Waals surface area contributed by atoms with Crippen LogP contribution in [0.5, 0.6) is 5.75 Å². The predicted molar refractivity (Wildman–Crippen MR) is 104 cm³/mol. The number of aryl methyl sites for hydroxylation is 1. The van der Waals surface area contributed by atoms with Crippen molar-refractivity contribution in [2.24, 2.45) is 0 Å². The van der Waals surface area contributed by atoms with Gasteiger partial charge in [0.05, 0.1) is 12.4 Å². The molecule has 2 heterocycles. The Morgan fingerprint density at radius 2 is 1.82 bits per heavy atom. The third kappa shape index (κ3) is 3.61. The largest absolute Gasteiger partial charge is 0.494 e. The number of methoxy groups -OCH3 is 1. The van der Waals surface area contributed by atoms with Crippen LogP contribution >= 0.6 is 11.8 Å². The van der Waals surface area contributed by atoms with Crippen LogP contribution in [0.2, 0.25) is 0 Å². The highest BCUT2D eigenvalue weighted by molar-refractivity contribution is 7.99. The first kappa shape index (κ1) is 18.2. The Morgan fingerprint density at radius 3 is 2.61 bits per heavy atom. The van der Waals surface area contributed by atoms with E-state index >= 15 is 0 Å². The van der Waals surface area contributed by atoms with Crippen LogP contribution in [-0.2, 0) is 0 Å². The van der Waals surface area contributed by atoms with E-state index in [1.54, 1.807) is 11.8 Å². The second-order valence-electron chi connectivity index (χ2n) is 6.12. The van der Waals surface area contributed by atoms with E-state index in [1.807, 2.05) is 62.4 Å². The molecule has 0 saturated heterocycles. The molecule has 4 aromatic rings. The average molecular weight is 394 g/mol. The highest BCUT2D eigenvalue weighted by Gasteiger charge is 2.21. The van der Waals surface area contributed by atoms with Gasteiger partial charge >= 0.3 is 0 Å². The minimum absolute atomic E-state index is 0.133. The van der Waals surface area contributed by atoms with Crippen molar-refractivity contribution < 1.29 is 9.15 Å². The molecule has 0 saturated carbocycles. The number of hydrogen-bond donors (Lipinski definition) is 0. The summed E-state index contributed by atoms with van der Waals surface area (Å²) in [6, 6.07) is 15.5. The lowest BCUT2D eigenvalue weighted by atomic mass is 10.1. The Balaban J connectivity index is 1.56.